The fourth-order valence-electron chi connectivity index (χ4n) is 1.01. The van der Waals surface area contributed by atoms with Crippen LogP contribution in [0.5, 0.6) is 0 Å². The summed E-state index contributed by atoms with van der Waals surface area (Å²) in [6.45, 7) is -0.0643. The number of amides is 3. The van der Waals surface area contributed by atoms with E-state index in [2.05, 4.69) is 10.6 Å². The predicted octanol–water partition coefficient (Wildman–Crippen LogP) is 0.431. The highest BCUT2D eigenvalue weighted by Crippen LogP contribution is 2.08. The molecule has 0 bridgehead atoms. The van der Waals surface area contributed by atoms with Crippen LogP contribution in [-0.2, 0) is 0 Å². The van der Waals surface area contributed by atoms with E-state index in [4.69, 9.17) is 11.0 Å². The second-order valence-corrected chi connectivity index (χ2v) is 2.91. The monoisotopic (exact) mass is 218 g/mol. The Morgan fingerprint density at radius 3 is 2.44 bits per heavy atom. The number of hydrogen-bond acceptors (Lipinski definition) is 3. The average molecular weight is 218 g/mol. The Kier molecular flexibility index (Phi) is 3.86. The molecule has 0 aliphatic rings. The van der Waals surface area contributed by atoms with Gasteiger partial charge in [-0.2, -0.15) is 5.26 Å². The Labute approximate surface area is 92.0 Å². The number of benzene rings is 1. The van der Waals surface area contributed by atoms with Crippen molar-refractivity contribution in [1.29, 1.82) is 5.26 Å². The van der Waals surface area contributed by atoms with Gasteiger partial charge in [0.05, 0.1) is 6.07 Å². The average Bonchev–Trinajstić information content (AvgIpc) is 2.27. The molecule has 0 aliphatic carbocycles. The molecule has 6 nitrogen and oxygen atoms in total. The molecule has 1 aromatic carbocycles. The molecule has 82 valence electrons. The van der Waals surface area contributed by atoms with E-state index in [0.29, 0.717) is 11.3 Å². The predicted molar refractivity (Wildman–Crippen MR) is 57.6 cm³/mol. The Bertz CT molecular complexity index is 433. The van der Waals surface area contributed by atoms with Crippen molar-refractivity contribution in [1.82, 2.24) is 5.32 Å². The number of anilines is 1. The molecule has 0 aromatic heterocycles. The Hall–Kier alpha value is -2.55. The van der Waals surface area contributed by atoms with E-state index < -0.39 is 11.9 Å². The summed E-state index contributed by atoms with van der Waals surface area (Å²) in [7, 11) is 0. The van der Waals surface area contributed by atoms with Crippen LogP contribution in [0, 0.1) is 11.3 Å². The quantitative estimate of drug-likeness (QED) is 0.640. The Balaban J connectivity index is 2.59. The van der Waals surface area contributed by atoms with Crippen molar-refractivity contribution in [3.63, 3.8) is 0 Å². The highest BCUT2D eigenvalue weighted by molar-refractivity contribution is 5.94. The largest absolute Gasteiger partial charge is 0.366 e. The second-order valence-electron chi connectivity index (χ2n) is 2.91. The number of nitrogens with two attached hydrogens (primary N) is 1. The summed E-state index contributed by atoms with van der Waals surface area (Å²) >= 11 is 0. The first kappa shape index (κ1) is 11.5. The summed E-state index contributed by atoms with van der Waals surface area (Å²) in [5.74, 6) is -0.527. The van der Waals surface area contributed by atoms with Crippen LogP contribution in [0.25, 0.3) is 0 Å². The molecule has 0 unspecified atom stereocenters. The van der Waals surface area contributed by atoms with Gasteiger partial charge in [-0.25, -0.2) is 4.79 Å². The van der Waals surface area contributed by atoms with Gasteiger partial charge in [0.15, 0.2) is 0 Å². The van der Waals surface area contributed by atoms with Crippen molar-refractivity contribution < 1.29 is 9.59 Å². The second kappa shape index (κ2) is 5.36. The van der Waals surface area contributed by atoms with Gasteiger partial charge in [0.25, 0.3) is 0 Å². The van der Waals surface area contributed by atoms with Gasteiger partial charge in [-0.3, -0.25) is 4.79 Å². The molecule has 1 aromatic rings. The van der Waals surface area contributed by atoms with E-state index in [1.165, 1.54) is 12.1 Å². The summed E-state index contributed by atoms with van der Waals surface area (Å²) in [5, 5.41) is 13.0. The number of nitrogens with one attached hydrogen (secondary N) is 2. The summed E-state index contributed by atoms with van der Waals surface area (Å²) in [6, 6.07) is 7.40. The molecule has 0 fully saturated rings. The van der Waals surface area contributed by atoms with Gasteiger partial charge in [0, 0.05) is 11.3 Å². The number of nitriles is 1. The molecule has 0 saturated heterocycles. The summed E-state index contributed by atoms with van der Waals surface area (Å²) in [6.07, 6.45) is 0. The van der Waals surface area contributed by atoms with Gasteiger partial charge in [0.1, 0.15) is 6.54 Å². The lowest BCUT2D eigenvalue weighted by molar-refractivity contribution is 0.100. The van der Waals surface area contributed by atoms with Crippen LogP contribution in [0.15, 0.2) is 24.3 Å². The standard InChI is InChI=1S/C10H10N4O2/c11-5-6-13-10(16)14-8-3-1-7(2-4-8)9(12)15/h1-4H,6H2,(H2,12,15)(H2,13,14,16). The molecule has 0 spiro atoms. The lowest BCUT2D eigenvalue weighted by Gasteiger charge is -2.05. The lowest BCUT2D eigenvalue weighted by atomic mass is 10.2. The van der Waals surface area contributed by atoms with E-state index in [0.717, 1.165) is 0 Å². The zero-order valence-electron chi connectivity index (χ0n) is 8.36. The molecule has 0 atom stereocenters. The third-order valence-corrected chi connectivity index (χ3v) is 1.76. The van der Waals surface area contributed by atoms with E-state index >= 15 is 0 Å². The van der Waals surface area contributed by atoms with Crippen molar-refractivity contribution >= 4 is 17.6 Å². The SMILES string of the molecule is N#CCNC(=O)Nc1ccc(C(N)=O)cc1. The molecule has 0 aliphatic heterocycles. The third-order valence-electron chi connectivity index (χ3n) is 1.76. The number of carbonyl (C=O) groups excluding carboxylic acids is 2. The van der Waals surface area contributed by atoms with E-state index in [1.807, 2.05) is 0 Å². The number of nitrogens with zero attached hydrogens (tertiary/aromatic N) is 1. The minimum Gasteiger partial charge on any atom is -0.366 e. The Morgan fingerprint density at radius 1 is 1.31 bits per heavy atom. The number of urea groups is 1. The van der Waals surface area contributed by atoms with Gasteiger partial charge in [-0.1, -0.05) is 0 Å². The lowest BCUT2D eigenvalue weighted by Crippen LogP contribution is -2.28. The number of hydrogen-bond donors (Lipinski definition) is 3. The van der Waals surface area contributed by atoms with E-state index in [-0.39, 0.29) is 6.54 Å². The number of carbonyl (C=O) groups is 2. The molecule has 0 heterocycles. The molecule has 4 N–H and O–H groups in total. The normalized spacial score (nSPS) is 8.94. The molecule has 0 saturated carbocycles. The van der Waals surface area contributed by atoms with Crippen LogP contribution in [-0.4, -0.2) is 18.5 Å². The van der Waals surface area contributed by atoms with E-state index in [9.17, 15) is 9.59 Å². The highest BCUT2D eigenvalue weighted by Gasteiger charge is 2.02. The first-order valence-corrected chi connectivity index (χ1v) is 4.45. The highest BCUT2D eigenvalue weighted by atomic mass is 16.2. The number of primary amides is 1. The molecule has 3 amide bonds. The van der Waals surface area contributed by atoms with Crippen LogP contribution in [0.1, 0.15) is 10.4 Å². The fraction of sp³-hybridized carbons (Fsp3) is 0.100. The molecule has 1 rings (SSSR count). The molecular weight excluding hydrogens is 208 g/mol. The van der Waals surface area contributed by atoms with E-state index in [1.54, 1.807) is 18.2 Å². The minimum atomic E-state index is -0.527. The van der Waals surface area contributed by atoms with Crippen molar-refractivity contribution in [2.24, 2.45) is 5.73 Å². The third kappa shape index (κ3) is 3.31. The van der Waals surface area contributed by atoms with Gasteiger partial charge in [-0.05, 0) is 24.3 Å². The van der Waals surface area contributed by atoms with Crippen LogP contribution < -0.4 is 16.4 Å². The molecule has 6 heteroatoms. The first-order valence-electron chi connectivity index (χ1n) is 4.45. The summed E-state index contributed by atoms with van der Waals surface area (Å²) in [4.78, 5) is 21.9. The summed E-state index contributed by atoms with van der Waals surface area (Å²) in [5.41, 5.74) is 5.93. The van der Waals surface area contributed by atoms with Crippen LogP contribution in [0.4, 0.5) is 10.5 Å². The van der Waals surface area contributed by atoms with Gasteiger partial charge >= 0.3 is 6.03 Å². The van der Waals surface area contributed by atoms with Crippen molar-refractivity contribution in [3.8, 4) is 6.07 Å². The smallest absolute Gasteiger partial charge is 0.320 e. The van der Waals surface area contributed by atoms with Gasteiger partial charge < -0.3 is 16.4 Å². The zero-order chi connectivity index (χ0) is 12.0. The fourth-order valence-corrected chi connectivity index (χ4v) is 1.01. The van der Waals surface area contributed by atoms with Crippen LogP contribution >= 0.6 is 0 Å². The van der Waals surface area contributed by atoms with Crippen molar-refractivity contribution in [2.75, 3.05) is 11.9 Å². The maximum Gasteiger partial charge on any atom is 0.320 e. The zero-order valence-corrected chi connectivity index (χ0v) is 8.36. The van der Waals surface area contributed by atoms with Gasteiger partial charge in [0.2, 0.25) is 5.91 Å². The molecular formula is C10H10N4O2. The van der Waals surface area contributed by atoms with Gasteiger partial charge in [-0.15, -0.1) is 0 Å². The number of rotatable bonds is 3. The van der Waals surface area contributed by atoms with Crippen molar-refractivity contribution in [3.05, 3.63) is 29.8 Å². The van der Waals surface area contributed by atoms with Crippen molar-refractivity contribution in [2.45, 2.75) is 0 Å². The van der Waals surface area contributed by atoms with Crippen LogP contribution in [0.3, 0.4) is 0 Å². The maximum atomic E-state index is 11.1. The topological polar surface area (TPSA) is 108 Å². The molecule has 16 heavy (non-hydrogen) atoms. The Morgan fingerprint density at radius 2 is 1.94 bits per heavy atom. The summed E-state index contributed by atoms with van der Waals surface area (Å²) < 4.78 is 0. The first-order chi connectivity index (χ1) is 7.63. The maximum absolute atomic E-state index is 11.1. The van der Waals surface area contributed by atoms with Crippen LogP contribution in [0.2, 0.25) is 0 Å². The molecule has 0 radical (unpaired) electrons. The minimum absolute atomic E-state index is 0.0643.